The van der Waals surface area contributed by atoms with Crippen molar-refractivity contribution in [2.24, 2.45) is 0 Å². The van der Waals surface area contributed by atoms with Gasteiger partial charge in [0.2, 0.25) is 17.5 Å². The molecule has 0 fully saturated rings. The van der Waals surface area contributed by atoms with Gasteiger partial charge in [-0.25, -0.2) is 4.98 Å². The quantitative estimate of drug-likeness (QED) is 0.567. The van der Waals surface area contributed by atoms with Crippen molar-refractivity contribution in [1.82, 2.24) is 15.2 Å². The molecule has 0 amide bonds. The second kappa shape index (κ2) is 6.84. The number of pyridine rings is 1. The maximum atomic E-state index is 10.1. The highest BCUT2D eigenvalue weighted by Crippen LogP contribution is 2.40. The van der Waals surface area contributed by atoms with Crippen molar-refractivity contribution in [3.05, 3.63) is 47.9 Å². The van der Waals surface area contributed by atoms with Gasteiger partial charge in [0.1, 0.15) is 0 Å². The molecule has 4 aromatic rings. The summed E-state index contributed by atoms with van der Waals surface area (Å²) < 4.78 is 16.0. The molecule has 4 rings (SSSR count). The second-order valence-electron chi connectivity index (χ2n) is 6.41. The van der Waals surface area contributed by atoms with Gasteiger partial charge in [0.05, 0.1) is 25.4 Å². The first kappa shape index (κ1) is 17.8. The van der Waals surface area contributed by atoms with E-state index in [2.05, 4.69) is 10.2 Å². The lowest BCUT2D eigenvalue weighted by molar-refractivity contribution is 0.340. The Bertz CT molecular complexity index is 1160. The van der Waals surface area contributed by atoms with Crippen molar-refractivity contribution < 1.29 is 19.0 Å². The number of ether oxygens (including phenoxy) is 2. The van der Waals surface area contributed by atoms with Crippen LogP contribution in [-0.4, -0.2) is 34.5 Å². The molecule has 0 spiro atoms. The number of nitrogens with zero attached hydrogens (tertiary/aromatic N) is 3. The van der Waals surface area contributed by atoms with E-state index >= 15 is 0 Å². The fraction of sp³-hybridized carbons (Fsp3) is 0.190. The van der Waals surface area contributed by atoms with Gasteiger partial charge >= 0.3 is 0 Å². The third-order valence-electron chi connectivity index (χ3n) is 4.56. The molecule has 0 aliphatic heterocycles. The fourth-order valence-electron chi connectivity index (χ4n) is 3.13. The number of aryl methyl sites for hydroxylation is 2. The van der Waals surface area contributed by atoms with Crippen LogP contribution in [0.25, 0.3) is 33.6 Å². The summed E-state index contributed by atoms with van der Waals surface area (Å²) in [5.41, 5.74) is 4.26. The highest BCUT2D eigenvalue weighted by atomic mass is 16.5. The van der Waals surface area contributed by atoms with E-state index in [4.69, 9.17) is 18.9 Å². The average molecular weight is 377 g/mol. The molecule has 2 heterocycles. The maximum Gasteiger partial charge on any atom is 0.247 e. The van der Waals surface area contributed by atoms with Crippen LogP contribution in [0.3, 0.4) is 0 Å². The minimum atomic E-state index is -0.0363. The SMILES string of the molecule is COc1cc(-c2cc(C)c3cc(-c4nnc(C)o4)ccc3n2)cc(OC)c1O. The third-order valence-corrected chi connectivity index (χ3v) is 4.56. The number of hydrogen-bond acceptors (Lipinski definition) is 7. The van der Waals surface area contributed by atoms with E-state index in [0.29, 0.717) is 23.3 Å². The zero-order valence-electron chi connectivity index (χ0n) is 16.0. The standard InChI is InChI=1S/C21H19N3O4/c1-11-7-17(14-9-18(26-3)20(25)19(10-14)27-4)22-16-6-5-13(8-15(11)16)21-24-23-12(2)28-21/h5-10,25H,1-4H3. The molecule has 0 radical (unpaired) electrons. The molecule has 0 bridgehead atoms. The Kier molecular flexibility index (Phi) is 4.35. The Hall–Kier alpha value is -3.61. The molecule has 0 unspecified atom stereocenters. The molecule has 142 valence electrons. The molecule has 1 N–H and O–H groups in total. The van der Waals surface area contributed by atoms with Crippen molar-refractivity contribution >= 4 is 10.9 Å². The molecule has 28 heavy (non-hydrogen) atoms. The highest BCUT2D eigenvalue weighted by Gasteiger charge is 2.15. The van der Waals surface area contributed by atoms with Crippen LogP contribution in [0.15, 0.2) is 40.8 Å². The van der Waals surface area contributed by atoms with Crippen LogP contribution >= 0.6 is 0 Å². The topological polar surface area (TPSA) is 90.5 Å². The fourth-order valence-corrected chi connectivity index (χ4v) is 3.13. The van der Waals surface area contributed by atoms with Gasteiger partial charge in [-0.2, -0.15) is 0 Å². The number of methoxy groups -OCH3 is 2. The van der Waals surface area contributed by atoms with Crippen LogP contribution in [0.4, 0.5) is 0 Å². The van der Waals surface area contributed by atoms with Crippen LogP contribution in [0.2, 0.25) is 0 Å². The molecule has 2 aromatic carbocycles. The molecular formula is C21H19N3O4. The van der Waals surface area contributed by atoms with Crippen molar-refractivity contribution in [3.63, 3.8) is 0 Å². The van der Waals surface area contributed by atoms with Crippen LogP contribution < -0.4 is 9.47 Å². The van der Waals surface area contributed by atoms with Gasteiger partial charge in [-0.05, 0) is 48.9 Å². The van der Waals surface area contributed by atoms with Crippen LogP contribution in [0, 0.1) is 13.8 Å². The summed E-state index contributed by atoms with van der Waals surface area (Å²) in [5, 5.41) is 19.1. The van der Waals surface area contributed by atoms with E-state index in [0.717, 1.165) is 33.3 Å². The molecule has 0 aliphatic carbocycles. The number of rotatable bonds is 4. The Labute approximate surface area is 161 Å². The van der Waals surface area contributed by atoms with Crippen molar-refractivity contribution in [2.75, 3.05) is 14.2 Å². The number of hydrogen-bond donors (Lipinski definition) is 1. The first-order valence-electron chi connectivity index (χ1n) is 8.67. The molecular weight excluding hydrogens is 358 g/mol. The summed E-state index contributed by atoms with van der Waals surface area (Å²) >= 11 is 0. The predicted molar refractivity (Wildman–Crippen MR) is 105 cm³/mol. The molecule has 0 atom stereocenters. The maximum absolute atomic E-state index is 10.1. The second-order valence-corrected chi connectivity index (χ2v) is 6.41. The van der Waals surface area contributed by atoms with E-state index in [1.54, 1.807) is 19.1 Å². The van der Waals surface area contributed by atoms with Crippen LogP contribution in [0.5, 0.6) is 17.2 Å². The Morgan fingerprint density at radius 2 is 1.61 bits per heavy atom. The monoisotopic (exact) mass is 377 g/mol. The lowest BCUT2D eigenvalue weighted by Crippen LogP contribution is -1.93. The summed E-state index contributed by atoms with van der Waals surface area (Å²) in [6.07, 6.45) is 0. The third kappa shape index (κ3) is 3.00. The summed E-state index contributed by atoms with van der Waals surface area (Å²) in [7, 11) is 3.00. The lowest BCUT2D eigenvalue weighted by Gasteiger charge is -2.12. The van der Waals surface area contributed by atoms with E-state index in [9.17, 15) is 5.11 Å². The number of phenolic OH excluding ortho intramolecular Hbond substituents is 1. The van der Waals surface area contributed by atoms with Crippen LogP contribution in [-0.2, 0) is 0 Å². The summed E-state index contributed by atoms with van der Waals surface area (Å²) in [6.45, 7) is 3.78. The molecule has 7 nitrogen and oxygen atoms in total. The number of benzene rings is 2. The van der Waals surface area contributed by atoms with Gasteiger partial charge in [-0.1, -0.05) is 0 Å². The smallest absolute Gasteiger partial charge is 0.247 e. The zero-order valence-corrected chi connectivity index (χ0v) is 16.0. The first-order chi connectivity index (χ1) is 13.5. The molecule has 2 aromatic heterocycles. The minimum Gasteiger partial charge on any atom is -0.502 e. The molecule has 0 saturated carbocycles. The normalized spacial score (nSPS) is 11.0. The van der Waals surface area contributed by atoms with E-state index in [-0.39, 0.29) is 5.75 Å². The first-order valence-corrected chi connectivity index (χ1v) is 8.67. The predicted octanol–water partition coefficient (Wildman–Crippen LogP) is 4.29. The van der Waals surface area contributed by atoms with E-state index in [1.165, 1.54) is 14.2 Å². The van der Waals surface area contributed by atoms with Gasteiger partial charge in [0.15, 0.2) is 11.5 Å². The Morgan fingerprint density at radius 1 is 0.893 bits per heavy atom. The number of fused-ring (bicyclic) bond motifs is 1. The van der Waals surface area contributed by atoms with Gasteiger partial charge in [0.25, 0.3) is 0 Å². The van der Waals surface area contributed by atoms with Gasteiger partial charge in [0, 0.05) is 23.4 Å². The van der Waals surface area contributed by atoms with E-state index < -0.39 is 0 Å². The zero-order chi connectivity index (χ0) is 19.8. The number of aromatic hydroxyl groups is 1. The Balaban J connectivity index is 1.84. The van der Waals surface area contributed by atoms with Gasteiger partial charge < -0.3 is 19.0 Å². The largest absolute Gasteiger partial charge is 0.502 e. The average Bonchev–Trinajstić information content (AvgIpc) is 3.14. The summed E-state index contributed by atoms with van der Waals surface area (Å²) in [4.78, 5) is 4.77. The molecule has 7 heteroatoms. The van der Waals surface area contributed by atoms with Gasteiger partial charge in [-0.3, -0.25) is 0 Å². The van der Waals surface area contributed by atoms with Gasteiger partial charge in [-0.15, -0.1) is 10.2 Å². The minimum absolute atomic E-state index is 0.0363. The lowest BCUT2D eigenvalue weighted by atomic mass is 10.0. The highest BCUT2D eigenvalue weighted by molar-refractivity contribution is 5.88. The van der Waals surface area contributed by atoms with Crippen LogP contribution in [0.1, 0.15) is 11.5 Å². The summed E-state index contributed by atoms with van der Waals surface area (Å²) in [5.74, 6) is 1.63. The van der Waals surface area contributed by atoms with Crippen molar-refractivity contribution in [1.29, 1.82) is 0 Å². The number of aromatic nitrogens is 3. The van der Waals surface area contributed by atoms with Crippen molar-refractivity contribution in [2.45, 2.75) is 13.8 Å². The Morgan fingerprint density at radius 3 is 2.21 bits per heavy atom. The molecule has 0 aliphatic rings. The molecule has 0 saturated heterocycles. The van der Waals surface area contributed by atoms with Crippen molar-refractivity contribution in [3.8, 4) is 40.0 Å². The van der Waals surface area contributed by atoms with E-state index in [1.807, 2.05) is 31.2 Å². The summed E-state index contributed by atoms with van der Waals surface area (Å²) in [6, 6.07) is 11.3. The number of phenols is 1.